The molecule has 15 nitrogen and oxygen atoms in total. The van der Waals surface area contributed by atoms with E-state index in [2.05, 4.69) is 25.4 Å². The first-order valence-electron chi connectivity index (χ1n) is 20.6. The number of alkyl halides is 2. The van der Waals surface area contributed by atoms with E-state index in [4.69, 9.17) is 27.4 Å². The zero-order chi connectivity index (χ0) is 42.6. The minimum atomic E-state index is -2.88. The molecule has 0 radical (unpaired) electrons. The number of fused-ring (bicyclic) bond motifs is 2. The average Bonchev–Trinajstić information content (AvgIpc) is 3.89. The zero-order valence-electron chi connectivity index (χ0n) is 34.0. The van der Waals surface area contributed by atoms with Crippen LogP contribution in [-0.4, -0.2) is 119 Å². The summed E-state index contributed by atoms with van der Waals surface area (Å²) in [6, 6.07) is 16.2. The van der Waals surface area contributed by atoms with Gasteiger partial charge in [0.15, 0.2) is 11.5 Å². The van der Waals surface area contributed by atoms with E-state index in [1.54, 1.807) is 19.3 Å². The van der Waals surface area contributed by atoms with Crippen molar-refractivity contribution in [3.05, 3.63) is 88.8 Å². The van der Waals surface area contributed by atoms with Gasteiger partial charge in [0, 0.05) is 95.0 Å². The normalized spacial score (nSPS) is 19.9. The predicted octanol–water partition coefficient (Wildman–Crippen LogP) is 5.54. The van der Waals surface area contributed by atoms with Gasteiger partial charge in [-0.15, -0.1) is 5.10 Å². The zero-order valence-corrected chi connectivity index (χ0v) is 34.7. The summed E-state index contributed by atoms with van der Waals surface area (Å²) >= 11 is 6.48. The molecule has 3 fully saturated rings. The number of hydrogen-bond acceptors (Lipinski definition) is 11. The van der Waals surface area contributed by atoms with E-state index in [1.807, 2.05) is 65.4 Å². The number of imidazole rings is 1. The Morgan fingerprint density at radius 1 is 0.967 bits per heavy atom. The number of carbonyl (C=O) groups is 3. The highest BCUT2D eigenvalue weighted by molar-refractivity contribution is 6.34. The van der Waals surface area contributed by atoms with E-state index in [9.17, 15) is 14.4 Å². The maximum Gasteiger partial charge on any atom is 0.328 e. The molecule has 1 atom stereocenters. The van der Waals surface area contributed by atoms with E-state index in [-0.39, 0.29) is 37.2 Å². The molecule has 4 aliphatic rings. The van der Waals surface area contributed by atoms with Crippen LogP contribution in [-0.2, 0) is 17.8 Å². The molecule has 0 spiro atoms. The van der Waals surface area contributed by atoms with Crippen LogP contribution in [0, 0.1) is 0 Å². The second-order valence-electron chi connectivity index (χ2n) is 16.2. The molecule has 5 aromatic rings. The first-order chi connectivity index (χ1) is 29.4. The number of amides is 4. The van der Waals surface area contributed by atoms with Gasteiger partial charge in [-0.05, 0) is 67.1 Å². The Morgan fingerprint density at radius 2 is 1.77 bits per heavy atom. The summed E-state index contributed by atoms with van der Waals surface area (Å²) in [6.45, 7) is 2.65. The fourth-order valence-electron chi connectivity index (χ4n) is 9.39. The molecule has 7 heterocycles. The fraction of sp³-hybridized carbons (Fsp3) is 0.395. The fourth-order valence-corrected chi connectivity index (χ4v) is 9.61. The molecule has 61 heavy (non-hydrogen) atoms. The molecule has 4 amide bonds. The number of pyridine rings is 1. The monoisotopic (exact) mass is 852 g/mol. The molecule has 9 rings (SSSR count). The number of urea groups is 1. The number of carbonyl (C=O) groups excluding carboxylic acids is 3. The molecule has 4 N–H and O–H groups in total. The lowest BCUT2D eigenvalue weighted by molar-refractivity contribution is -0.132. The van der Waals surface area contributed by atoms with Crippen LogP contribution in [0.5, 0.6) is 0 Å². The van der Waals surface area contributed by atoms with Crippen LogP contribution in [0.4, 0.5) is 42.1 Å². The highest BCUT2D eigenvalue weighted by Crippen LogP contribution is 2.41. The molecule has 1 unspecified atom stereocenters. The second kappa shape index (κ2) is 16.2. The summed E-state index contributed by atoms with van der Waals surface area (Å²) in [6.07, 6.45) is 5.97. The van der Waals surface area contributed by atoms with Gasteiger partial charge < -0.3 is 20.9 Å². The third kappa shape index (κ3) is 7.70. The number of nitrogens with zero attached hydrogens (tertiary/aromatic N) is 9. The lowest BCUT2D eigenvalue weighted by Crippen LogP contribution is -2.60. The van der Waals surface area contributed by atoms with Crippen LogP contribution in [0.3, 0.4) is 0 Å². The van der Waals surface area contributed by atoms with Gasteiger partial charge in [0.2, 0.25) is 5.91 Å². The highest BCUT2D eigenvalue weighted by Gasteiger charge is 2.48. The first-order valence-corrected chi connectivity index (χ1v) is 21.0. The maximum absolute atomic E-state index is 15.9. The quantitative estimate of drug-likeness (QED) is 0.162. The van der Waals surface area contributed by atoms with Crippen molar-refractivity contribution in [2.24, 2.45) is 5.73 Å². The Hall–Kier alpha value is -5.91. The number of aromatic nitrogens is 4. The first kappa shape index (κ1) is 40.5. The molecule has 0 saturated carbocycles. The molecule has 2 aromatic carbocycles. The van der Waals surface area contributed by atoms with Crippen molar-refractivity contribution >= 4 is 63.7 Å². The molecular formula is C43H47ClF2N12O3. The smallest absolute Gasteiger partial charge is 0.328 e. The standard InChI is InChI=1S/C43H47ClF2N12O3/c1-48-33-21-38(52-58-36(40(47)60)23-50-41(33)58)56-18-12-30-29(4-3-5-34(30)56)32-9-6-26(22-49-32)24-54-15-13-37(43(45,46)25-54)55-16-10-27(11-17-55)53(2)28-7-8-31(44)35(20-28)57-19-14-39(59)51-42(57)61/h3-9,20-23,27,37,48H,10-19,24-25H2,1-2H3,(H2,47,60)(H,51,59,61). The summed E-state index contributed by atoms with van der Waals surface area (Å²) in [5.74, 6) is -3.17. The van der Waals surface area contributed by atoms with Crippen LogP contribution >= 0.6 is 11.6 Å². The summed E-state index contributed by atoms with van der Waals surface area (Å²) in [5, 5.41) is 10.6. The van der Waals surface area contributed by atoms with E-state index in [1.165, 1.54) is 15.6 Å². The largest absolute Gasteiger partial charge is 0.385 e. The molecule has 4 aliphatic heterocycles. The Bertz CT molecular complexity index is 2510. The minimum Gasteiger partial charge on any atom is -0.385 e. The topological polar surface area (TPSA) is 161 Å². The van der Waals surface area contributed by atoms with Gasteiger partial charge in [0.05, 0.1) is 40.9 Å². The Labute approximate surface area is 356 Å². The Balaban J connectivity index is 0.815. The number of hydrogen-bond donors (Lipinski definition) is 3. The van der Waals surface area contributed by atoms with Crippen molar-refractivity contribution in [3.63, 3.8) is 0 Å². The van der Waals surface area contributed by atoms with Crippen molar-refractivity contribution in [2.45, 2.75) is 56.7 Å². The number of halogens is 3. The van der Waals surface area contributed by atoms with Gasteiger partial charge >= 0.3 is 6.03 Å². The van der Waals surface area contributed by atoms with Crippen LogP contribution < -0.4 is 31.1 Å². The number of primary amides is 1. The minimum absolute atomic E-state index is 0.126. The number of piperidine rings is 2. The summed E-state index contributed by atoms with van der Waals surface area (Å²) < 4.78 is 33.4. The number of rotatable bonds is 10. The average molecular weight is 853 g/mol. The number of nitrogens with one attached hydrogen (secondary N) is 2. The lowest BCUT2D eigenvalue weighted by Gasteiger charge is -2.47. The third-order valence-electron chi connectivity index (χ3n) is 12.6. The number of anilines is 5. The van der Waals surface area contributed by atoms with Crippen molar-refractivity contribution in [2.75, 3.05) is 73.4 Å². The van der Waals surface area contributed by atoms with Gasteiger partial charge in [0.1, 0.15) is 5.69 Å². The highest BCUT2D eigenvalue weighted by atomic mass is 35.5. The summed E-state index contributed by atoms with van der Waals surface area (Å²) in [7, 11) is 3.77. The molecule has 0 bridgehead atoms. The van der Waals surface area contributed by atoms with Crippen LogP contribution in [0.15, 0.2) is 67.0 Å². The Kier molecular flexibility index (Phi) is 10.7. The molecule has 18 heteroatoms. The van der Waals surface area contributed by atoms with E-state index < -0.39 is 23.9 Å². The van der Waals surface area contributed by atoms with Gasteiger partial charge in [0.25, 0.3) is 11.8 Å². The van der Waals surface area contributed by atoms with Crippen molar-refractivity contribution in [3.8, 4) is 11.3 Å². The predicted molar refractivity (Wildman–Crippen MR) is 230 cm³/mol. The molecule has 318 valence electrons. The molecular weight excluding hydrogens is 806 g/mol. The van der Waals surface area contributed by atoms with Crippen molar-refractivity contribution in [1.82, 2.24) is 34.7 Å². The SMILES string of the molecule is CNc1cc(N2CCc3c(-c4ccc(CN5CCC(N6CCC(N(C)c7ccc(Cl)c(N8CCC(=O)NC8=O)c7)CC6)C(F)(F)C5)cn4)cccc32)nn2c(C(N)=O)cnc12. The lowest BCUT2D eigenvalue weighted by atomic mass is 9.94. The van der Waals surface area contributed by atoms with Gasteiger partial charge in [-0.2, -0.15) is 0 Å². The summed E-state index contributed by atoms with van der Waals surface area (Å²) in [5.41, 5.74) is 13.2. The van der Waals surface area contributed by atoms with E-state index in [0.29, 0.717) is 67.0 Å². The van der Waals surface area contributed by atoms with Crippen molar-refractivity contribution in [1.29, 1.82) is 0 Å². The maximum atomic E-state index is 15.9. The van der Waals surface area contributed by atoms with Gasteiger partial charge in [-0.25, -0.2) is 23.1 Å². The van der Waals surface area contributed by atoms with Crippen LogP contribution in [0.2, 0.25) is 5.02 Å². The number of benzene rings is 2. The molecule has 0 aliphatic carbocycles. The van der Waals surface area contributed by atoms with E-state index in [0.717, 1.165) is 53.0 Å². The number of imide groups is 1. The number of likely N-dealkylation sites (tertiary alicyclic amines) is 2. The number of nitrogens with two attached hydrogens (primary N) is 1. The van der Waals surface area contributed by atoms with E-state index >= 15 is 8.78 Å². The second-order valence-corrected chi connectivity index (χ2v) is 16.6. The van der Waals surface area contributed by atoms with Crippen LogP contribution in [0.25, 0.3) is 16.9 Å². The molecule has 3 saturated heterocycles. The van der Waals surface area contributed by atoms with Crippen LogP contribution in [0.1, 0.15) is 47.3 Å². The van der Waals surface area contributed by atoms with Gasteiger partial charge in [-0.3, -0.25) is 34.6 Å². The third-order valence-corrected chi connectivity index (χ3v) is 12.9. The van der Waals surface area contributed by atoms with Gasteiger partial charge in [-0.1, -0.05) is 29.8 Å². The van der Waals surface area contributed by atoms with Crippen molar-refractivity contribution < 1.29 is 23.2 Å². The summed E-state index contributed by atoms with van der Waals surface area (Å²) in [4.78, 5) is 54.9. The Morgan fingerprint density at radius 3 is 2.49 bits per heavy atom. The molecule has 3 aromatic heterocycles.